The number of halogens is 2. The van der Waals surface area contributed by atoms with Crippen LogP contribution in [0.4, 0.5) is 8.78 Å². The number of amides is 2. The van der Waals surface area contributed by atoms with E-state index in [9.17, 15) is 33.8 Å². The number of fused-ring (bicyclic) bond motifs is 11. The van der Waals surface area contributed by atoms with E-state index in [0.29, 0.717) is 21.9 Å². The number of nitrogens with zero attached hydrogens (tertiary/aromatic N) is 2. The van der Waals surface area contributed by atoms with E-state index in [4.69, 9.17) is 9.47 Å². The number of carbonyl (C=O) groups excluding carboxylic acids is 2. The van der Waals surface area contributed by atoms with Crippen LogP contribution in [0.2, 0.25) is 0 Å². The van der Waals surface area contributed by atoms with E-state index in [0.717, 1.165) is 0 Å². The summed E-state index contributed by atoms with van der Waals surface area (Å²) in [5.41, 5.74) is 1.04. The standard InChI is InChI=1S/C26H17F2N3O7/c27-8-1-3-12-10(5-8)15-17-18(25(35)31(36)24(17)34)16-11-6-9(28)2-4-13(11)30(20(16)19(15)29-12)26-21(33)23-22(38-26)14(32)7-37-23/h1-6,14,21-23,26,29,32-33,36H,7H2/t14-,21-,22-,23-,26?/m1/s1. The number of aromatic amines is 1. The van der Waals surface area contributed by atoms with E-state index in [1.807, 2.05) is 0 Å². The highest BCUT2D eigenvalue weighted by Crippen LogP contribution is 2.48. The second-order valence-corrected chi connectivity index (χ2v) is 9.84. The summed E-state index contributed by atoms with van der Waals surface area (Å²) in [5, 5.41) is 32.7. The lowest BCUT2D eigenvalue weighted by molar-refractivity contribution is -0.0749. The predicted octanol–water partition coefficient (Wildman–Crippen LogP) is 2.71. The zero-order chi connectivity index (χ0) is 26.2. The molecule has 2 amide bonds. The second-order valence-electron chi connectivity index (χ2n) is 9.84. The summed E-state index contributed by atoms with van der Waals surface area (Å²) < 4.78 is 42.2. The zero-order valence-electron chi connectivity index (χ0n) is 19.2. The summed E-state index contributed by atoms with van der Waals surface area (Å²) in [6.45, 7) is -0.00815. The van der Waals surface area contributed by atoms with Crippen molar-refractivity contribution in [1.82, 2.24) is 14.6 Å². The third-order valence-electron chi connectivity index (χ3n) is 7.87. The van der Waals surface area contributed by atoms with Gasteiger partial charge in [-0.15, -0.1) is 5.06 Å². The monoisotopic (exact) mass is 521 g/mol. The van der Waals surface area contributed by atoms with Gasteiger partial charge in [-0.1, -0.05) is 0 Å². The molecule has 0 saturated carbocycles. The number of aliphatic hydroxyl groups is 2. The molecule has 5 heterocycles. The van der Waals surface area contributed by atoms with Crippen LogP contribution in [0, 0.1) is 11.6 Å². The highest BCUT2D eigenvalue weighted by molar-refractivity contribution is 6.38. The van der Waals surface area contributed by atoms with Gasteiger partial charge in [-0.05, 0) is 36.4 Å². The predicted molar refractivity (Wildman–Crippen MR) is 127 cm³/mol. The molecule has 0 bridgehead atoms. The highest BCUT2D eigenvalue weighted by Gasteiger charge is 2.53. The Kier molecular flexibility index (Phi) is 4.14. The summed E-state index contributed by atoms with van der Waals surface area (Å²) in [4.78, 5) is 29.6. The van der Waals surface area contributed by atoms with Crippen LogP contribution in [0.5, 0.6) is 0 Å². The molecule has 2 aromatic heterocycles. The van der Waals surface area contributed by atoms with Crippen LogP contribution in [0.1, 0.15) is 26.9 Å². The summed E-state index contributed by atoms with van der Waals surface area (Å²) in [6.07, 6.45) is -5.03. The molecule has 5 aromatic rings. The fourth-order valence-corrected chi connectivity index (χ4v) is 6.33. The minimum absolute atomic E-state index is 0.00815. The molecule has 2 saturated heterocycles. The van der Waals surface area contributed by atoms with Gasteiger partial charge in [0.15, 0.2) is 6.23 Å². The van der Waals surface area contributed by atoms with Gasteiger partial charge < -0.3 is 29.2 Å². The van der Waals surface area contributed by atoms with E-state index in [2.05, 4.69) is 4.98 Å². The quantitative estimate of drug-likeness (QED) is 0.197. The number of carbonyl (C=O) groups is 2. The summed E-state index contributed by atoms with van der Waals surface area (Å²) in [5.74, 6) is -3.22. The first-order chi connectivity index (χ1) is 18.3. The topological polar surface area (TPSA) is 137 Å². The molecule has 192 valence electrons. The molecular formula is C26H17F2N3O7. The minimum Gasteiger partial charge on any atom is -0.388 e. The number of aliphatic hydroxyl groups excluding tert-OH is 2. The third kappa shape index (κ3) is 2.51. The van der Waals surface area contributed by atoms with Gasteiger partial charge in [-0.25, -0.2) is 8.78 Å². The van der Waals surface area contributed by atoms with Crippen LogP contribution in [0.25, 0.3) is 43.6 Å². The van der Waals surface area contributed by atoms with E-state index >= 15 is 0 Å². The highest BCUT2D eigenvalue weighted by atomic mass is 19.1. The maximum absolute atomic E-state index is 14.6. The molecule has 2 fully saturated rings. The molecule has 0 spiro atoms. The second kappa shape index (κ2) is 7.12. The molecule has 12 heteroatoms. The average Bonchev–Trinajstić information content (AvgIpc) is 3.66. The number of hydroxylamine groups is 2. The van der Waals surface area contributed by atoms with Gasteiger partial charge in [0.1, 0.15) is 36.1 Å². The van der Waals surface area contributed by atoms with Gasteiger partial charge >= 0.3 is 0 Å². The Morgan fingerprint density at radius 1 is 0.921 bits per heavy atom. The SMILES string of the molecule is O=C1c2c(c3c4cc(F)ccc4n(C4O[C@H]5[C@H](OC[C@H]5O)[C@H]4O)c3c3[nH]c4ccc(F)cc4c23)C(=O)N1O. The Balaban J connectivity index is 1.60. The van der Waals surface area contributed by atoms with Crippen LogP contribution >= 0.6 is 0 Å². The number of hydrogen-bond acceptors (Lipinski definition) is 7. The molecule has 5 atom stereocenters. The Hall–Kier alpha value is -3.94. The molecule has 1 unspecified atom stereocenters. The van der Waals surface area contributed by atoms with Crippen molar-refractivity contribution in [1.29, 1.82) is 0 Å². The molecule has 38 heavy (non-hydrogen) atoms. The summed E-state index contributed by atoms with van der Waals surface area (Å²) in [6, 6.07) is 7.76. The first kappa shape index (κ1) is 22.1. The Morgan fingerprint density at radius 3 is 2.34 bits per heavy atom. The lowest BCUT2D eigenvalue weighted by atomic mass is 9.96. The van der Waals surface area contributed by atoms with Crippen molar-refractivity contribution in [3.63, 3.8) is 0 Å². The van der Waals surface area contributed by atoms with Crippen molar-refractivity contribution in [3.8, 4) is 0 Å². The van der Waals surface area contributed by atoms with Gasteiger partial charge in [0, 0.05) is 27.1 Å². The average molecular weight is 521 g/mol. The minimum atomic E-state index is -1.25. The Labute approximate surface area is 210 Å². The number of H-pyrrole nitrogens is 1. The number of ether oxygens (including phenoxy) is 2. The van der Waals surface area contributed by atoms with Crippen molar-refractivity contribution in [2.45, 2.75) is 30.6 Å². The number of imide groups is 1. The summed E-state index contributed by atoms with van der Waals surface area (Å²) in [7, 11) is 0. The Bertz CT molecular complexity index is 1910. The van der Waals surface area contributed by atoms with Crippen molar-refractivity contribution in [2.75, 3.05) is 6.61 Å². The molecule has 3 aromatic carbocycles. The van der Waals surface area contributed by atoms with Crippen LogP contribution in [0.15, 0.2) is 36.4 Å². The molecule has 0 aliphatic carbocycles. The molecule has 8 rings (SSSR count). The zero-order valence-corrected chi connectivity index (χ0v) is 19.2. The van der Waals surface area contributed by atoms with E-state index in [-0.39, 0.29) is 44.5 Å². The van der Waals surface area contributed by atoms with E-state index < -0.39 is 54.1 Å². The Morgan fingerprint density at radius 2 is 1.61 bits per heavy atom. The fraction of sp³-hybridized carbons (Fsp3) is 0.231. The summed E-state index contributed by atoms with van der Waals surface area (Å²) >= 11 is 0. The normalized spacial score (nSPS) is 27.1. The van der Waals surface area contributed by atoms with Gasteiger partial charge in [0.2, 0.25) is 0 Å². The van der Waals surface area contributed by atoms with E-state index in [1.54, 1.807) is 4.57 Å². The van der Waals surface area contributed by atoms with Crippen molar-refractivity contribution < 1.29 is 43.3 Å². The van der Waals surface area contributed by atoms with Gasteiger partial charge in [0.25, 0.3) is 11.8 Å². The largest absolute Gasteiger partial charge is 0.388 e. The number of nitrogens with one attached hydrogen (secondary N) is 1. The first-order valence-corrected chi connectivity index (χ1v) is 11.9. The number of benzene rings is 3. The maximum atomic E-state index is 14.6. The van der Waals surface area contributed by atoms with E-state index in [1.165, 1.54) is 36.4 Å². The fourth-order valence-electron chi connectivity index (χ4n) is 6.33. The van der Waals surface area contributed by atoms with Crippen LogP contribution in [0.3, 0.4) is 0 Å². The third-order valence-corrected chi connectivity index (χ3v) is 7.87. The smallest absolute Gasteiger partial charge is 0.286 e. The molecule has 3 aliphatic rings. The van der Waals surface area contributed by atoms with Crippen LogP contribution in [-0.4, -0.2) is 72.9 Å². The molecule has 10 nitrogen and oxygen atoms in total. The van der Waals surface area contributed by atoms with Gasteiger partial charge in [0.05, 0.1) is 34.3 Å². The first-order valence-electron chi connectivity index (χ1n) is 11.9. The molecular weight excluding hydrogens is 504 g/mol. The molecule has 4 N–H and O–H groups in total. The van der Waals surface area contributed by atoms with Gasteiger partial charge in [-0.2, -0.15) is 0 Å². The lowest BCUT2D eigenvalue weighted by Gasteiger charge is -2.22. The van der Waals surface area contributed by atoms with Crippen molar-refractivity contribution >= 4 is 55.4 Å². The van der Waals surface area contributed by atoms with Gasteiger partial charge in [-0.3, -0.25) is 14.8 Å². The lowest BCUT2D eigenvalue weighted by Crippen LogP contribution is -2.31. The number of hydrogen-bond donors (Lipinski definition) is 4. The van der Waals surface area contributed by atoms with Crippen LogP contribution < -0.4 is 0 Å². The number of rotatable bonds is 1. The van der Waals surface area contributed by atoms with Crippen LogP contribution in [-0.2, 0) is 9.47 Å². The number of aromatic nitrogens is 2. The van der Waals surface area contributed by atoms with Crippen molar-refractivity contribution in [3.05, 3.63) is 59.2 Å². The van der Waals surface area contributed by atoms with Crippen molar-refractivity contribution in [2.24, 2.45) is 0 Å². The maximum Gasteiger partial charge on any atom is 0.286 e. The molecule has 0 radical (unpaired) electrons. The molecule has 3 aliphatic heterocycles.